The SMILES string of the molecule is COc1ccc(CC(=O)Oc2ccc3c(c2)OC(N)=C(C#N)C3c2ccc(C(C)C)cc2)cc1. The first-order valence-electron chi connectivity index (χ1n) is 11.0. The summed E-state index contributed by atoms with van der Waals surface area (Å²) in [5, 5.41) is 9.76. The quantitative estimate of drug-likeness (QED) is 0.407. The minimum Gasteiger partial charge on any atom is -0.497 e. The number of carbonyl (C=O) groups excluding carboxylic acids is 1. The van der Waals surface area contributed by atoms with Gasteiger partial charge in [-0.2, -0.15) is 5.26 Å². The van der Waals surface area contributed by atoms with Gasteiger partial charge in [0.25, 0.3) is 0 Å². The van der Waals surface area contributed by atoms with Crippen molar-refractivity contribution in [2.45, 2.75) is 32.1 Å². The Balaban J connectivity index is 1.58. The van der Waals surface area contributed by atoms with Crippen LogP contribution in [0, 0.1) is 11.3 Å². The van der Waals surface area contributed by atoms with Gasteiger partial charge in [0.2, 0.25) is 5.88 Å². The zero-order chi connectivity index (χ0) is 24.2. The molecular weight excluding hydrogens is 428 g/mol. The number of hydrogen-bond donors (Lipinski definition) is 1. The van der Waals surface area contributed by atoms with Crippen molar-refractivity contribution in [2.24, 2.45) is 5.73 Å². The van der Waals surface area contributed by atoms with Crippen LogP contribution >= 0.6 is 0 Å². The van der Waals surface area contributed by atoms with Gasteiger partial charge in [0.05, 0.1) is 19.4 Å². The van der Waals surface area contributed by atoms with Crippen LogP contribution in [0.5, 0.6) is 17.2 Å². The minimum atomic E-state index is -0.400. The number of nitrogens with zero attached hydrogens (tertiary/aromatic N) is 1. The van der Waals surface area contributed by atoms with Crippen LogP contribution in [0.15, 0.2) is 78.2 Å². The summed E-state index contributed by atoms with van der Waals surface area (Å²) >= 11 is 0. The highest BCUT2D eigenvalue weighted by Gasteiger charge is 2.31. The molecule has 6 nitrogen and oxygen atoms in total. The maximum atomic E-state index is 12.5. The molecule has 4 rings (SSSR count). The normalized spacial score (nSPS) is 14.7. The fourth-order valence-electron chi connectivity index (χ4n) is 3.99. The molecule has 3 aromatic rings. The Labute approximate surface area is 199 Å². The monoisotopic (exact) mass is 454 g/mol. The van der Waals surface area contributed by atoms with Crippen LogP contribution in [0.25, 0.3) is 0 Å². The number of carbonyl (C=O) groups is 1. The lowest BCUT2D eigenvalue weighted by Crippen LogP contribution is -2.21. The third kappa shape index (κ3) is 4.74. The van der Waals surface area contributed by atoms with E-state index in [0.717, 1.165) is 22.4 Å². The zero-order valence-corrected chi connectivity index (χ0v) is 19.4. The molecular formula is C28H26N2O4. The smallest absolute Gasteiger partial charge is 0.315 e. The number of rotatable bonds is 6. The number of hydrogen-bond acceptors (Lipinski definition) is 6. The van der Waals surface area contributed by atoms with Gasteiger partial charge in [-0.15, -0.1) is 0 Å². The first-order valence-corrected chi connectivity index (χ1v) is 11.0. The fourth-order valence-corrected chi connectivity index (χ4v) is 3.99. The molecule has 0 bridgehead atoms. The molecule has 0 amide bonds. The van der Waals surface area contributed by atoms with Crippen LogP contribution in [-0.2, 0) is 11.2 Å². The van der Waals surface area contributed by atoms with Crippen molar-refractivity contribution in [1.82, 2.24) is 0 Å². The average molecular weight is 455 g/mol. The van der Waals surface area contributed by atoms with E-state index in [1.165, 1.54) is 5.56 Å². The highest BCUT2D eigenvalue weighted by Crippen LogP contribution is 2.43. The summed E-state index contributed by atoms with van der Waals surface area (Å²) in [6, 6.07) is 22.8. The van der Waals surface area contributed by atoms with Crippen molar-refractivity contribution in [3.05, 3.63) is 100 Å². The number of benzene rings is 3. The van der Waals surface area contributed by atoms with E-state index in [9.17, 15) is 10.1 Å². The molecule has 0 saturated carbocycles. The summed E-state index contributed by atoms with van der Waals surface area (Å²) in [5.74, 6) is 1.22. The summed E-state index contributed by atoms with van der Waals surface area (Å²) in [7, 11) is 1.59. The number of esters is 1. The molecule has 0 aliphatic carbocycles. The fraction of sp³-hybridized carbons (Fsp3) is 0.214. The third-order valence-corrected chi connectivity index (χ3v) is 5.87. The van der Waals surface area contributed by atoms with Gasteiger partial charge < -0.3 is 19.9 Å². The van der Waals surface area contributed by atoms with E-state index in [0.29, 0.717) is 23.0 Å². The Morgan fingerprint density at radius 3 is 2.35 bits per heavy atom. The Kier molecular flexibility index (Phi) is 6.55. The highest BCUT2D eigenvalue weighted by molar-refractivity contribution is 5.75. The summed E-state index contributed by atoms with van der Waals surface area (Å²) in [5.41, 5.74) is 10.2. The molecule has 1 heterocycles. The molecule has 172 valence electrons. The Morgan fingerprint density at radius 1 is 1.06 bits per heavy atom. The van der Waals surface area contributed by atoms with Gasteiger partial charge in [-0.1, -0.05) is 56.3 Å². The highest BCUT2D eigenvalue weighted by atomic mass is 16.5. The van der Waals surface area contributed by atoms with Crippen LogP contribution in [0.1, 0.15) is 47.9 Å². The molecule has 0 spiro atoms. The van der Waals surface area contributed by atoms with Gasteiger partial charge in [-0.3, -0.25) is 4.79 Å². The third-order valence-electron chi connectivity index (χ3n) is 5.87. The second kappa shape index (κ2) is 9.72. The second-order valence-corrected chi connectivity index (χ2v) is 8.44. The number of fused-ring (bicyclic) bond motifs is 1. The van der Waals surface area contributed by atoms with E-state index in [-0.39, 0.29) is 18.2 Å². The minimum absolute atomic E-state index is 0.0506. The molecule has 0 radical (unpaired) electrons. The molecule has 0 saturated heterocycles. The van der Waals surface area contributed by atoms with Crippen molar-refractivity contribution in [3.63, 3.8) is 0 Å². The van der Waals surface area contributed by atoms with Crippen molar-refractivity contribution in [1.29, 1.82) is 5.26 Å². The molecule has 0 aromatic heterocycles. The predicted octanol–water partition coefficient (Wildman–Crippen LogP) is 5.18. The summed E-state index contributed by atoms with van der Waals surface area (Å²) in [4.78, 5) is 12.5. The van der Waals surface area contributed by atoms with Gasteiger partial charge in [0, 0.05) is 11.6 Å². The van der Waals surface area contributed by atoms with Gasteiger partial charge in [-0.05, 0) is 40.8 Å². The van der Waals surface area contributed by atoms with E-state index in [4.69, 9.17) is 19.9 Å². The standard InChI is InChI=1S/C28H26N2O4/c1-17(2)19-6-8-20(9-7-19)27-23-13-12-22(15-25(23)34-28(30)24(27)16-29)33-26(31)14-18-4-10-21(32-3)11-5-18/h4-13,15,17,27H,14,30H2,1-3H3. The van der Waals surface area contributed by atoms with E-state index >= 15 is 0 Å². The molecule has 1 aliphatic heterocycles. The van der Waals surface area contributed by atoms with Gasteiger partial charge in [0.15, 0.2) is 0 Å². The molecule has 1 unspecified atom stereocenters. The topological polar surface area (TPSA) is 94.6 Å². The molecule has 0 fully saturated rings. The predicted molar refractivity (Wildman–Crippen MR) is 129 cm³/mol. The molecule has 1 aliphatic rings. The first-order chi connectivity index (χ1) is 16.4. The summed E-state index contributed by atoms with van der Waals surface area (Å²) in [6.45, 7) is 4.27. The number of methoxy groups -OCH3 is 1. The average Bonchev–Trinajstić information content (AvgIpc) is 2.83. The zero-order valence-electron chi connectivity index (χ0n) is 19.4. The van der Waals surface area contributed by atoms with Crippen LogP contribution in [-0.4, -0.2) is 13.1 Å². The molecule has 34 heavy (non-hydrogen) atoms. The van der Waals surface area contributed by atoms with Crippen LogP contribution < -0.4 is 19.9 Å². The van der Waals surface area contributed by atoms with E-state index in [1.54, 1.807) is 31.4 Å². The molecule has 2 N–H and O–H groups in total. The van der Waals surface area contributed by atoms with Gasteiger partial charge >= 0.3 is 5.97 Å². The lowest BCUT2D eigenvalue weighted by atomic mass is 9.83. The van der Waals surface area contributed by atoms with E-state index < -0.39 is 5.97 Å². The Bertz CT molecular complexity index is 1270. The van der Waals surface area contributed by atoms with Gasteiger partial charge in [-0.25, -0.2) is 0 Å². The van der Waals surface area contributed by atoms with Crippen LogP contribution in [0.2, 0.25) is 0 Å². The summed E-state index contributed by atoms with van der Waals surface area (Å²) < 4.78 is 16.4. The lowest BCUT2D eigenvalue weighted by Gasteiger charge is -2.27. The van der Waals surface area contributed by atoms with E-state index in [1.807, 2.05) is 30.3 Å². The van der Waals surface area contributed by atoms with E-state index in [2.05, 4.69) is 32.0 Å². The van der Waals surface area contributed by atoms with Crippen molar-refractivity contribution in [3.8, 4) is 23.3 Å². The molecule has 6 heteroatoms. The maximum absolute atomic E-state index is 12.5. The largest absolute Gasteiger partial charge is 0.497 e. The van der Waals surface area contributed by atoms with Crippen LogP contribution in [0.3, 0.4) is 0 Å². The second-order valence-electron chi connectivity index (χ2n) is 8.44. The lowest BCUT2D eigenvalue weighted by molar-refractivity contribution is -0.133. The first kappa shape index (κ1) is 22.9. The van der Waals surface area contributed by atoms with Gasteiger partial charge in [0.1, 0.15) is 28.9 Å². The van der Waals surface area contributed by atoms with Crippen molar-refractivity contribution >= 4 is 5.97 Å². The van der Waals surface area contributed by atoms with Crippen molar-refractivity contribution in [2.75, 3.05) is 7.11 Å². The number of ether oxygens (including phenoxy) is 3. The molecule has 3 aromatic carbocycles. The summed E-state index contributed by atoms with van der Waals surface area (Å²) in [6.07, 6.45) is 0.118. The number of nitrogens with two attached hydrogens (primary N) is 1. The maximum Gasteiger partial charge on any atom is 0.315 e. The molecule has 1 atom stereocenters. The number of nitriles is 1. The Morgan fingerprint density at radius 2 is 1.74 bits per heavy atom. The van der Waals surface area contributed by atoms with Crippen LogP contribution in [0.4, 0.5) is 0 Å². The number of allylic oxidation sites excluding steroid dienone is 1. The Hall–Kier alpha value is -4.24. The van der Waals surface area contributed by atoms with Crippen molar-refractivity contribution < 1.29 is 19.0 Å².